The first kappa shape index (κ1) is 30.3. The van der Waals surface area contributed by atoms with Crippen molar-refractivity contribution in [1.29, 1.82) is 0 Å². The van der Waals surface area contributed by atoms with Crippen LogP contribution in [0.4, 0.5) is 0 Å². The van der Waals surface area contributed by atoms with Crippen molar-refractivity contribution in [3.63, 3.8) is 0 Å². The van der Waals surface area contributed by atoms with E-state index in [4.69, 9.17) is 4.74 Å². The Balaban J connectivity index is 0.00000300. The molecule has 0 bridgehead atoms. The number of methoxy groups -OCH3 is 1. The summed E-state index contributed by atoms with van der Waals surface area (Å²) in [6.45, 7) is 18.0. The van der Waals surface area contributed by atoms with Gasteiger partial charge in [0, 0.05) is 0 Å². The number of rotatable bonds is 3. The Hall–Kier alpha value is -0.687. The number of benzene rings is 2. The zero-order valence-electron chi connectivity index (χ0n) is 20.3. The van der Waals surface area contributed by atoms with Gasteiger partial charge in [-0.25, -0.2) is 0 Å². The Bertz CT molecular complexity index is 1000. The summed E-state index contributed by atoms with van der Waals surface area (Å²) in [6.07, 6.45) is 1.07. The molecule has 0 aliphatic rings. The van der Waals surface area contributed by atoms with Crippen LogP contribution >= 0.6 is 0 Å². The van der Waals surface area contributed by atoms with Gasteiger partial charge in [-0.3, -0.25) is 0 Å². The van der Waals surface area contributed by atoms with Gasteiger partial charge in [-0.1, -0.05) is 70.9 Å². The zero-order chi connectivity index (χ0) is 20.9. The topological polar surface area (TPSA) is 9.23 Å². The van der Waals surface area contributed by atoms with Crippen molar-refractivity contribution in [1.82, 2.24) is 0 Å². The molecule has 0 atom stereocenters. The predicted molar refractivity (Wildman–Crippen MR) is 123 cm³/mol. The summed E-state index contributed by atoms with van der Waals surface area (Å²) >= 11 is 0. The minimum absolute atomic E-state index is 0. The minimum Gasteiger partial charge on any atom is -1.00 e. The summed E-state index contributed by atoms with van der Waals surface area (Å²) in [5.41, 5.74) is 8.00. The smallest absolute Gasteiger partial charge is 1.00 e. The van der Waals surface area contributed by atoms with Crippen molar-refractivity contribution in [2.75, 3.05) is 7.11 Å². The van der Waals surface area contributed by atoms with Gasteiger partial charge in [-0.15, -0.1) is 28.5 Å². The molecule has 1 nitrogen and oxygen atoms in total. The standard InChI is InChI=1S/C27H35O.2ClH.Zr/c1-17-10-18(2)12-21(11-17)24-22-14-19(16-26(3,4)5)13-20(22)15-23(25(24)28-9)27(6,7)8;;;/h10-15H,16H2,1-9H3;2*1H;/q-1;;;+3/p-2. The third kappa shape index (κ3) is 6.90. The predicted octanol–water partition coefficient (Wildman–Crippen LogP) is 1.74. The van der Waals surface area contributed by atoms with Gasteiger partial charge >= 0.3 is 26.2 Å². The molecule has 0 aliphatic heterocycles. The van der Waals surface area contributed by atoms with Gasteiger partial charge < -0.3 is 29.6 Å². The van der Waals surface area contributed by atoms with Crippen molar-refractivity contribution in [2.24, 2.45) is 5.41 Å². The number of hydrogen-bond acceptors (Lipinski definition) is 1. The van der Waals surface area contributed by atoms with Crippen molar-refractivity contribution < 1.29 is 55.8 Å². The molecule has 0 unspecified atom stereocenters. The maximum Gasteiger partial charge on any atom is 3.00 e. The molecule has 3 aromatic carbocycles. The number of hydrogen-bond donors (Lipinski definition) is 0. The molecule has 0 spiro atoms. The molecule has 167 valence electrons. The Morgan fingerprint density at radius 2 is 1.39 bits per heavy atom. The Morgan fingerprint density at radius 3 is 1.84 bits per heavy atom. The maximum atomic E-state index is 6.06. The summed E-state index contributed by atoms with van der Waals surface area (Å²) in [7, 11) is 1.81. The zero-order valence-corrected chi connectivity index (χ0v) is 24.3. The molecule has 0 saturated carbocycles. The van der Waals surface area contributed by atoms with E-state index in [0.29, 0.717) is 0 Å². The first-order valence-electron chi connectivity index (χ1n) is 10.3. The average molecular weight is 538 g/mol. The SMILES string of the molecule is COc1c(C(C)(C)C)cc2[cH-]c(CC(C)(C)C)cc2c1-c1cc(C)cc(C)c1.[Cl-].[Cl-].[Zr+3]. The fourth-order valence-electron chi connectivity index (χ4n) is 4.29. The van der Waals surface area contributed by atoms with Crippen LogP contribution in [0.5, 0.6) is 5.75 Å². The van der Waals surface area contributed by atoms with Crippen LogP contribution in [0.25, 0.3) is 21.9 Å². The molecule has 3 aromatic rings. The number of ether oxygens (including phenoxy) is 1. The van der Waals surface area contributed by atoms with Gasteiger partial charge in [-0.2, -0.15) is 6.07 Å². The van der Waals surface area contributed by atoms with Gasteiger partial charge in [0.15, 0.2) is 0 Å². The molecule has 1 radical (unpaired) electrons. The quantitative estimate of drug-likeness (QED) is 0.463. The van der Waals surface area contributed by atoms with E-state index in [0.717, 1.165) is 12.2 Å². The molecular weight excluding hydrogens is 502 g/mol. The first-order chi connectivity index (χ1) is 12.9. The van der Waals surface area contributed by atoms with Crippen molar-refractivity contribution >= 4 is 10.8 Å². The molecule has 0 aromatic heterocycles. The van der Waals surface area contributed by atoms with Crippen LogP contribution < -0.4 is 29.6 Å². The normalized spacial score (nSPS) is 11.4. The molecule has 0 saturated heterocycles. The van der Waals surface area contributed by atoms with Gasteiger partial charge in [0.1, 0.15) is 5.75 Å². The second kappa shape index (κ2) is 11.0. The second-order valence-electron chi connectivity index (χ2n) is 10.6. The van der Waals surface area contributed by atoms with Crippen molar-refractivity contribution in [2.45, 2.75) is 67.2 Å². The monoisotopic (exact) mass is 535 g/mol. The van der Waals surface area contributed by atoms with Gasteiger partial charge in [0.2, 0.25) is 0 Å². The second-order valence-corrected chi connectivity index (χ2v) is 10.6. The van der Waals surface area contributed by atoms with E-state index in [1.54, 1.807) is 0 Å². The van der Waals surface area contributed by atoms with Crippen LogP contribution in [0.3, 0.4) is 0 Å². The summed E-state index contributed by atoms with van der Waals surface area (Å²) in [5.74, 6) is 1.01. The summed E-state index contributed by atoms with van der Waals surface area (Å²) in [5, 5.41) is 2.62. The third-order valence-corrected chi connectivity index (χ3v) is 5.28. The maximum absolute atomic E-state index is 6.06. The number of fused-ring (bicyclic) bond motifs is 1. The molecule has 3 rings (SSSR count). The average Bonchev–Trinajstić information content (AvgIpc) is 2.90. The van der Waals surface area contributed by atoms with Crippen LogP contribution in [-0.4, -0.2) is 7.11 Å². The van der Waals surface area contributed by atoms with E-state index < -0.39 is 0 Å². The van der Waals surface area contributed by atoms with Crippen molar-refractivity contribution in [3.8, 4) is 16.9 Å². The van der Waals surface area contributed by atoms with Crippen LogP contribution in [-0.2, 0) is 38.0 Å². The van der Waals surface area contributed by atoms with Crippen LogP contribution in [0.15, 0.2) is 36.4 Å². The molecule has 0 N–H and O–H groups in total. The van der Waals surface area contributed by atoms with Crippen LogP contribution in [0.2, 0.25) is 0 Å². The Labute approximate surface area is 220 Å². The van der Waals surface area contributed by atoms with Gasteiger partial charge in [0.05, 0.1) is 7.11 Å². The molecule has 0 aliphatic carbocycles. The van der Waals surface area contributed by atoms with Crippen molar-refractivity contribution in [3.05, 3.63) is 58.7 Å². The molecular formula is C27H35Cl2OZr. The fraction of sp³-hybridized carbons (Fsp3) is 0.444. The van der Waals surface area contributed by atoms with E-state index in [1.807, 2.05) is 7.11 Å². The van der Waals surface area contributed by atoms with E-state index in [1.165, 1.54) is 44.2 Å². The van der Waals surface area contributed by atoms with Gasteiger partial charge in [0.25, 0.3) is 0 Å². The van der Waals surface area contributed by atoms with E-state index in [9.17, 15) is 0 Å². The Morgan fingerprint density at radius 1 is 0.839 bits per heavy atom. The summed E-state index contributed by atoms with van der Waals surface area (Å²) in [6, 6.07) is 13.9. The Kier molecular flexibility index (Phi) is 10.7. The fourth-order valence-corrected chi connectivity index (χ4v) is 4.29. The molecule has 31 heavy (non-hydrogen) atoms. The van der Waals surface area contributed by atoms with Gasteiger partial charge in [-0.05, 0) is 47.8 Å². The number of halogens is 2. The molecule has 0 amide bonds. The largest absolute Gasteiger partial charge is 3.00 e. The van der Waals surface area contributed by atoms with Crippen LogP contribution in [0.1, 0.15) is 63.8 Å². The molecule has 0 fully saturated rings. The summed E-state index contributed by atoms with van der Waals surface area (Å²) < 4.78 is 6.06. The number of aryl methyl sites for hydroxylation is 2. The molecule has 4 heteroatoms. The van der Waals surface area contributed by atoms with E-state index in [2.05, 4.69) is 91.8 Å². The van der Waals surface area contributed by atoms with E-state index in [-0.39, 0.29) is 61.8 Å². The summed E-state index contributed by atoms with van der Waals surface area (Å²) in [4.78, 5) is 0. The molecule has 0 heterocycles. The first-order valence-corrected chi connectivity index (χ1v) is 10.3. The minimum atomic E-state index is 0. The third-order valence-electron chi connectivity index (χ3n) is 5.28. The van der Waals surface area contributed by atoms with Crippen LogP contribution in [0, 0.1) is 19.3 Å². The van der Waals surface area contributed by atoms with E-state index >= 15 is 0 Å².